The lowest BCUT2D eigenvalue weighted by Crippen LogP contribution is -2.58. The van der Waals surface area contributed by atoms with Crippen molar-refractivity contribution in [2.24, 2.45) is 11.8 Å². The molecule has 0 saturated carbocycles. The molecule has 1 spiro atoms. The standard InChI is InChI=1S/C30H26FN3O3/c31-20-15-13-19(14-16-20)18-32-23-11-5-4-10-22(23)30(29(32)37)26-25(24-12-6-7-17-33(24)30)27(35)34(28(26)36)21-8-2-1-3-9-21/h1-5,8-11,13-16,24-26H,6-7,12,17-18H2/t24-,25+,26+,30+/m0/s1. The summed E-state index contributed by atoms with van der Waals surface area (Å²) in [6.45, 7) is 0.923. The van der Waals surface area contributed by atoms with Crippen LogP contribution in [-0.4, -0.2) is 35.2 Å². The number of fused-ring (bicyclic) bond motifs is 7. The minimum atomic E-state index is -1.23. The molecule has 3 aromatic carbocycles. The predicted octanol–water partition coefficient (Wildman–Crippen LogP) is 4.24. The summed E-state index contributed by atoms with van der Waals surface area (Å²) in [4.78, 5) is 48.0. The number of para-hydroxylation sites is 2. The SMILES string of the molecule is O=C1[C@@H]2[C@@H]3CCCCN3[C@@]3(C(=O)N(Cc4ccc(F)cc4)c4ccccc43)[C@H]2C(=O)N1c1ccccc1. The number of carbonyl (C=O) groups is 3. The molecule has 4 aliphatic rings. The lowest BCUT2D eigenvalue weighted by molar-refractivity contribution is -0.138. The first-order valence-electron chi connectivity index (χ1n) is 12.9. The van der Waals surface area contributed by atoms with E-state index in [0.717, 1.165) is 36.1 Å². The van der Waals surface area contributed by atoms with Gasteiger partial charge in [0.1, 0.15) is 11.4 Å². The molecule has 0 unspecified atom stereocenters. The van der Waals surface area contributed by atoms with Gasteiger partial charge in [-0.3, -0.25) is 19.3 Å². The molecule has 7 heteroatoms. The van der Waals surface area contributed by atoms with Gasteiger partial charge in [0.15, 0.2) is 0 Å². The Morgan fingerprint density at radius 3 is 2.35 bits per heavy atom. The Labute approximate surface area is 214 Å². The molecule has 7 rings (SSSR count). The van der Waals surface area contributed by atoms with Gasteiger partial charge in [0.05, 0.1) is 24.1 Å². The second-order valence-corrected chi connectivity index (χ2v) is 10.4. The van der Waals surface area contributed by atoms with Crippen molar-refractivity contribution < 1.29 is 18.8 Å². The number of carbonyl (C=O) groups excluding carboxylic acids is 3. The molecule has 0 aromatic heterocycles. The molecule has 0 N–H and O–H groups in total. The fourth-order valence-corrected chi connectivity index (χ4v) is 7.27. The lowest BCUT2D eigenvalue weighted by atomic mass is 9.76. The van der Waals surface area contributed by atoms with Crippen molar-refractivity contribution in [3.05, 3.63) is 95.8 Å². The van der Waals surface area contributed by atoms with Crippen LogP contribution >= 0.6 is 0 Å². The number of nitrogens with zero attached hydrogens (tertiary/aromatic N) is 3. The molecule has 0 radical (unpaired) electrons. The Hall–Kier alpha value is -3.84. The van der Waals surface area contributed by atoms with Crippen LogP contribution in [0.3, 0.4) is 0 Å². The van der Waals surface area contributed by atoms with Gasteiger partial charge in [-0.05, 0) is 55.3 Å². The summed E-state index contributed by atoms with van der Waals surface area (Å²) >= 11 is 0. The largest absolute Gasteiger partial charge is 0.306 e. The van der Waals surface area contributed by atoms with Gasteiger partial charge < -0.3 is 4.90 Å². The summed E-state index contributed by atoms with van der Waals surface area (Å²) in [6.07, 6.45) is 2.65. The quantitative estimate of drug-likeness (QED) is 0.510. The number of anilines is 2. The summed E-state index contributed by atoms with van der Waals surface area (Å²) in [6, 6.07) is 22.6. The zero-order chi connectivity index (χ0) is 25.3. The van der Waals surface area contributed by atoms with Gasteiger partial charge in [-0.1, -0.05) is 55.0 Å². The van der Waals surface area contributed by atoms with Crippen LogP contribution in [0.15, 0.2) is 78.9 Å². The highest BCUT2D eigenvalue weighted by Crippen LogP contribution is 2.61. The van der Waals surface area contributed by atoms with E-state index in [0.29, 0.717) is 12.2 Å². The minimum Gasteiger partial charge on any atom is -0.306 e. The summed E-state index contributed by atoms with van der Waals surface area (Å²) in [5, 5.41) is 0. The number of hydrogen-bond donors (Lipinski definition) is 0. The van der Waals surface area contributed by atoms with Crippen molar-refractivity contribution in [1.29, 1.82) is 0 Å². The third kappa shape index (κ3) is 2.92. The van der Waals surface area contributed by atoms with E-state index in [1.54, 1.807) is 29.2 Å². The summed E-state index contributed by atoms with van der Waals surface area (Å²) in [5.41, 5.74) is 1.65. The monoisotopic (exact) mass is 495 g/mol. The van der Waals surface area contributed by atoms with E-state index in [1.807, 2.05) is 42.5 Å². The van der Waals surface area contributed by atoms with E-state index in [2.05, 4.69) is 4.90 Å². The molecule has 3 saturated heterocycles. The zero-order valence-electron chi connectivity index (χ0n) is 20.2. The summed E-state index contributed by atoms with van der Waals surface area (Å²) in [7, 11) is 0. The van der Waals surface area contributed by atoms with Crippen molar-refractivity contribution in [2.75, 3.05) is 16.3 Å². The number of hydrogen-bond acceptors (Lipinski definition) is 4. The molecule has 3 fully saturated rings. The highest BCUT2D eigenvalue weighted by atomic mass is 19.1. The fraction of sp³-hybridized carbons (Fsp3) is 0.300. The van der Waals surface area contributed by atoms with Crippen molar-refractivity contribution in [1.82, 2.24) is 4.90 Å². The molecule has 3 aromatic rings. The van der Waals surface area contributed by atoms with E-state index in [9.17, 15) is 18.8 Å². The average Bonchev–Trinajstić information content (AvgIpc) is 3.47. The third-order valence-corrected chi connectivity index (χ3v) is 8.66. The molecule has 186 valence electrons. The molecule has 0 aliphatic carbocycles. The topological polar surface area (TPSA) is 60.9 Å². The normalized spacial score (nSPS) is 28.7. The van der Waals surface area contributed by atoms with E-state index in [4.69, 9.17) is 0 Å². The molecule has 4 heterocycles. The summed E-state index contributed by atoms with van der Waals surface area (Å²) < 4.78 is 13.6. The minimum absolute atomic E-state index is 0.173. The maximum absolute atomic E-state index is 14.7. The Kier molecular flexibility index (Phi) is 4.88. The van der Waals surface area contributed by atoms with Crippen LogP contribution in [0.5, 0.6) is 0 Å². The average molecular weight is 496 g/mol. The second-order valence-electron chi connectivity index (χ2n) is 10.4. The van der Waals surface area contributed by atoms with Crippen LogP contribution in [-0.2, 0) is 26.5 Å². The van der Waals surface area contributed by atoms with Crippen molar-refractivity contribution in [3.63, 3.8) is 0 Å². The first-order chi connectivity index (χ1) is 18.0. The Bertz CT molecular complexity index is 1430. The maximum atomic E-state index is 14.7. The van der Waals surface area contributed by atoms with E-state index < -0.39 is 17.4 Å². The van der Waals surface area contributed by atoms with E-state index in [1.165, 1.54) is 17.0 Å². The van der Waals surface area contributed by atoms with Crippen LogP contribution in [0.1, 0.15) is 30.4 Å². The molecule has 6 nitrogen and oxygen atoms in total. The molecule has 4 aliphatic heterocycles. The van der Waals surface area contributed by atoms with Gasteiger partial charge in [-0.25, -0.2) is 9.29 Å². The van der Waals surface area contributed by atoms with Crippen LogP contribution < -0.4 is 9.80 Å². The van der Waals surface area contributed by atoms with Crippen LogP contribution in [0.4, 0.5) is 15.8 Å². The van der Waals surface area contributed by atoms with Gasteiger partial charge in [0.25, 0.3) is 5.91 Å². The number of rotatable bonds is 3. The van der Waals surface area contributed by atoms with Gasteiger partial charge >= 0.3 is 0 Å². The molecular formula is C30H26FN3O3. The lowest BCUT2D eigenvalue weighted by Gasteiger charge is -2.42. The summed E-state index contributed by atoms with van der Waals surface area (Å²) in [5.74, 6) is -2.39. The number of piperidine rings is 1. The van der Waals surface area contributed by atoms with Gasteiger partial charge in [0, 0.05) is 17.3 Å². The maximum Gasteiger partial charge on any atom is 0.253 e. The number of benzene rings is 3. The third-order valence-electron chi connectivity index (χ3n) is 8.66. The van der Waals surface area contributed by atoms with Crippen LogP contribution in [0.2, 0.25) is 0 Å². The first kappa shape index (κ1) is 22.4. The van der Waals surface area contributed by atoms with Crippen LogP contribution in [0.25, 0.3) is 0 Å². The van der Waals surface area contributed by atoms with Gasteiger partial charge in [-0.2, -0.15) is 0 Å². The van der Waals surface area contributed by atoms with Crippen molar-refractivity contribution in [2.45, 2.75) is 37.4 Å². The van der Waals surface area contributed by atoms with Gasteiger partial charge in [0.2, 0.25) is 11.8 Å². The predicted molar refractivity (Wildman–Crippen MR) is 136 cm³/mol. The van der Waals surface area contributed by atoms with Crippen LogP contribution in [0, 0.1) is 17.7 Å². The number of imide groups is 1. The Morgan fingerprint density at radius 2 is 1.57 bits per heavy atom. The highest BCUT2D eigenvalue weighted by Gasteiger charge is 2.75. The van der Waals surface area contributed by atoms with Crippen molar-refractivity contribution in [3.8, 4) is 0 Å². The Morgan fingerprint density at radius 1 is 0.838 bits per heavy atom. The fourth-order valence-electron chi connectivity index (χ4n) is 7.27. The molecule has 37 heavy (non-hydrogen) atoms. The zero-order valence-corrected chi connectivity index (χ0v) is 20.2. The van der Waals surface area contributed by atoms with Gasteiger partial charge in [-0.15, -0.1) is 0 Å². The van der Waals surface area contributed by atoms with Crippen molar-refractivity contribution >= 4 is 29.1 Å². The Balaban J connectivity index is 1.40. The van der Waals surface area contributed by atoms with E-state index in [-0.39, 0.29) is 36.1 Å². The number of amides is 3. The molecule has 4 atom stereocenters. The molecule has 0 bridgehead atoms. The highest BCUT2D eigenvalue weighted by molar-refractivity contribution is 6.26. The van der Waals surface area contributed by atoms with E-state index >= 15 is 0 Å². The molecule has 3 amide bonds. The second kappa shape index (κ2) is 8.08. The number of halogens is 1. The smallest absolute Gasteiger partial charge is 0.253 e. The first-order valence-corrected chi connectivity index (χ1v) is 12.9. The molecular weight excluding hydrogens is 469 g/mol.